The van der Waals surface area contributed by atoms with E-state index in [1.165, 1.54) is 0 Å². The molecule has 30 heavy (non-hydrogen) atoms. The Balaban J connectivity index is 1.52. The molecule has 5 nitrogen and oxygen atoms in total. The van der Waals surface area contributed by atoms with Crippen LogP contribution in [0.2, 0.25) is 0 Å². The van der Waals surface area contributed by atoms with E-state index in [0.717, 1.165) is 37.6 Å². The number of methoxy groups -OCH3 is 1. The van der Waals surface area contributed by atoms with Crippen LogP contribution in [0.3, 0.4) is 0 Å². The number of piperazine rings is 1. The lowest BCUT2D eigenvalue weighted by Gasteiger charge is -2.45. The summed E-state index contributed by atoms with van der Waals surface area (Å²) in [6.07, 6.45) is 0.0307. The lowest BCUT2D eigenvalue weighted by molar-refractivity contribution is -0.121. The van der Waals surface area contributed by atoms with Crippen LogP contribution in [0, 0.1) is 5.82 Å². The maximum Gasteiger partial charge on any atom is 0.224 e. The van der Waals surface area contributed by atoms with E-state index in [4.69, 9.17) is 4.74 Å². The second kappa shape index (κ2) is 9.79. The number of hydrogen-bond donors (Lipinski definition) is 1. The molecular weight excluding hydrogens is 449 g/mol. The van der Waals surface area contributed by atoms with Gasteiger partial charge in [0.25, 0.3) is 0 Å². The van der Waals surface area contributed by atoms with Crippen molar-refractivity contribution in [2.45, 2.75) is 25.8 Å². The average molecular weight is 478 g/mol. The van der Waals surface area contributed by atoms with E-state index in [-0.39, 0.29) is 23.7 Å². The number of carbonyl (C=O) groups is 1. The highest BCUT2D eigenvalue weighted by molar-refractivity contribution is 9.10. The Morgan fingerprint density at radius 1 is 1.13 bits per heavy atom. The van der Waals surface area contributed by atoms with Crippen molar-refractivity contribution < 1.29 is 13.9 Å². The van der Waals surface area contributed by atoms with Gasteiger partial charge in [-0.05, 0) is 53.5 Å². The quantitative estimate of drug-likeness (QED) is 0.657. The minimum Gasteiger partial charge on any atom is -0.495 e. The van der Waals surface area contributed by atoms with Crippen LogP contribution in [0.1, 0.15) is 19.4 Å². The molecule has 7 heteroatoms. The molecule has 0 aromatic heterocycles. The van der Waals surface area contributed by atoms with Gasteiger partial charge in [0, 0.05) is 38.3 Å². The molecule has 162 valence electrons. The Morgan fingerprint density at radius 3 is 2.53 bits per heavy atom. The van der Waals surface area contributed by atoms with Crippen LogP contribution in [-0.2, 0) is 11.2 Å². The Hall–Kier alpha value is -2.12. The van der Waals surface area contributed by atoms with Crippen LogP contribution in [0.5, 0.6) is 5.75 Å². The van der Waals surface area contributed by atoms with Crippen LogP contribution >= 0.6 is 15.9 Å². The maximum absolute atomic E-state index is 14.1. The molecule has 1 aliphatic heterocycles. The number of rotatable bonds is 7. The minimum atomic E-state index is -0.376. The molecular formula is C23H29BrFN3O2. The van der Waals surface area contributed by atoms with Crippen molar-refractivity contribution in [3.8, 4) is 5.75 Å². The van der Waals surface area contributed by atoms with Crippen LogP contribution < -0.4 is 15.0 Å². The van der Waals surface area contributed by atoms with Gasteiger partial charge in [-0.25, -0.2) is 4.39 Å². The van der Waals surface area contributed by atoms with Gasteiger partial charge in [-0.15, -0.1) is 0 Å². The third-order valence-corrected chi connectivity index (χ3v) is 6.27. The molecule has 1 heterocycles. The molecule has 0 atom stereocenters. The Kier molecular flexibility index (Phi) is 7.36. The second-order valence-corrected chi connectivity index (χ2v) is 8.98. The van der Waals surface area contributed by atoms with Gasteiger partial charge in [-0.2, -0.15) is 0 Å². The van der Waals surface area contributed by atoms with Gasteiger partial charge in [0.1, 0.15) is 11.6 Å². The summed E-state index contributed by atoms with van der Waals surface area (Å²) in [5.41, 5.74) is 1.31. The zero-order chi connectivity index (χ0) is 21.7. The summed E-state index contributed by atoms with van der Waals surface area (Å²) >= 11 is 3.16. The number of nitrogens with zero attached hydrogens (tertiary/aromatic N) is 2. The predicted molar refractivity (Wildman–Crippen MR) is 122 cm³/mol. The van der Waals surface area contributed by atoms with Crippen molar-refractivity contribution in [2.75, 3.05) is 44.7 Å². The first-order valence-corrected chi connectivity index (χ1v) is 10.9. The van der Waals surface area contributed by atoms with Crippen LogP contribution in [0.15, 0.2) is 46.9 Å². The van der Waals surface area contributed by atoms with E-state index < -0.39 is 0 Å². The zero-order valence-corrected chi connectivity index (χ0v) is 19.3. The van der Waals surface area contributed by atoms with Gasteiger partial charge in [-0.3, -0.25) is 9.69 Å². The van der Waals surface area contributed by atoms with Gasteiger partial charge in [-0.1, -0.05) is 24.3 Å². The summed E-state index contributed by atoms with van der Waals surface area (Å²) in [4.78, 5) is 17.1. The summed E-state index contributed by atoms with van der Waals surface area (Å²) < 4.78 is 20.0. The average Bonchev–Trinajstić information content (AvgIpc) is 2.75. The number of nitrogens with one attached hydrogen (secondary N) is 1. The molecule has 2 aromatic carbocycles. The first kappa shape index (κ1) is 22.6. The van der Waals surface area contributed by atoms with Crippen molar-refractivity contribution in [2.24, 2.45) is 0 Å². The van der Waals surface area contributed by atoms with Crippen molar-refractivity contribution in [1.82, 2.24) is 10.2 Å². The summed E-state index contributed by atoms with van der Waals surface area (Å²) in [5, 5.41) is 2.98. The number of halogens is 2. The first-order valence-electron chi connectivity index (χ1n) is 10.1. The molecule has 1 fully saturated rings. The van der Waals surface area contributed by atoms with E-state index >= 15 is 0 Å². The number of anilines is 1. The van der Waals surface area contributed by atoms with E-state index in [1.807, 2.05) is 18.2 Å². The fourth-order valence-electron chi connectivity index (χ4n) is 3.79. The predicted octanol–water partition coefficient (Wildman–Crippen LogP) is 3.86. The number of carbonyl (C=O) groups excluding carboxylic acids is 1. The summed E-state index contributed by atoms with van der Waals surface area (Å²) in [5.74, 6) is 0.337. The molecule has 1 saturated heterocycles. The van der Waals surface area contributed by atoms with Gasteiger partial charge < -0.3 is 15.0 Å². The standard InChI is InChI=1S/C23H29BrFN3O2/c1-23(2,16-26-21(29)15-17-7-6-8-18(24)22(17)25)28-13-11-27(12-14-28)19-9-4-5-10-20(19)30-3/h4-10H,11-16H2,1-3H3,(H,26,29). The van der Waals surface area contributed by atoms with Crippen LogP contribution in [0.4, 0.5) is 10.1 Å². The lowest BCUT2D eigenvalue weighted by atomic mass is 10.0. The molecule has 0 aliphatic carbocycles. The van der Waals surface area contributed by atoms with Gasteiger partial charge in [0.05, 0.1) is 23.7 Å². The van der Waals surface area contributed by atoms with Crippen molar-refractivity contribution in [3.63, 3.8) is 0 Å². The number of amides is 1. The normalized spacial score (nSPS) is 15.2. The number of hydrogen-bond acceptors (Lipinski definition) is 4. The summed E-state index contributed by atoms with van der Waals surface area (Å²) in [6, 6.07) is 13.1. The molecule has 0 radical (unpaired) electrons. The van der Waals surface area contributed by atoms with Crippen molar-refractivity contribution in [3.05, 3.63) is 58.3 Å². The van der Waals surface area contributed by atoms with Crippen LogP contribution in [0.25, 0.3) is 0 Å². The van der Waals surface area contributed by atoms with Crippen molar-refractivity contribution >= 4 is 27.5 Å². The molecule has 0 bridgehead atoms. The van der Waals surface area contributed by atoms with E-state index in [0.29, 0.717) is 16.6 Å². The minimum absolute atomic E-state index is 0.0307. The Bertz CT molecular complexity index is 883. The SMILES string of the molecule is COc1ccccc1N1CCN(C(C)(C)CNC(=O)Cc2cccc(Br)c2F)CC1. The van der Waals surface area contributed by atoms with Crippen LogP contribution in [-0.4, -0.2) is 56.2 Å². The highest BCUT2D eigenvalue weighted by Crippen LogP contribution is 2.29. The number of ether oxygens (including phenoxy) is 1. The largest absolute Gasteiger partial charge is 0.495 e. The summed E-state index contributed by atoms with van der Waals surface area (Å²) in [7, 11) is 1.70. The fourth-order valence-corrected chi connectivity index (χ4v) is 4.20. The fraction of sp³-hybridized carbons (Fsp3) is 0.435. The number of para-hydroxylation sites is 2. The lowest BCUT2D eigenvalue weighted by Crippen LogP contribution is -2.58. The second-order valence-electron chi connectivity index (χ2n) is 8.12. The monoisotopic (exact) mass is 477 g/mol. The molecule has 1 N–H and O–H groups in total. The molecule has 0 spiro atoms. The van der Waals surface area contributed by atoms with Crippen molar-refractivity contribution in [1.29, 1.82) is 0 Å². The zero-order valence-electron chi connectivity index (χ0n) is 17.8. The van der Waals surface area contributed by atoms with E-state index in [2.05, 4.69) is 51.0 Å². The molecule has 3 rings (SSSR count). The third kappa shape index (κ3) is 5.32. The third-order valence-electron chi connectivity index (χ3n) is 5.66. The van der Waals surface area contributed by atoms with Gasteiger partial charge in [0.2, 0.25) is 5.91 Å². The topological polar surface area (TPSA) is 44.8 Å². The van der Waals surface area contributed by atoms with E-state index in [1.54, 1.807) is 25.3 Å². The Labute approximate surface area is 186 Å². The maximum atomic E-state index is 14.1. The molecule has 0 saturated carbocycles. The summed E-state index contributed by atoms with van der Waals surface area (Å²) in [6.45, 7) is 8.33. The van der Waals surface area contributed by atoms with E-state index in [9.17, 15) is 9.18 Å². The van der Waals surface area contributed by atoms with Gasteiger partial charge in [0.15, 0.2) is 0 Å². The highest BCUT2D eigenvalue weighted by Gasteiger charge is 2.31. The molecule has 0 unspecified atom stereocenters. The Morgan fingerprint density at radius 2 is 1.83 bits per heavy atom. The molecule has 1 amide bonds. The molecule has 2 aromatic rings. The first-order chi connectivity index (χ1) is 14.3. The highest BCUT2D eigenvalue weighted by atomic mass is 79.9. The number of benzene rings is 2. The van der Waals surface area contributed by atoms with Gasteiger partial charge >= 0.3 is 0 Å². The smallest absolute Gasteiger partial charge is 0.224 e. The molecule has 1 aliphatic rings.